The van der Waals surface area contributed by atoms with Crippen molar-refractivity contribution in [2.24, 2.45) is 0 Å². The summed E-state index contributed by atoms with van der Waals surface area (Å²) >= 11 is 0. The Labute approximate surface area is 151 Å². The molecule has 1 aliphatic heterocycles. The minimum Gasteiger partial charge on any atom is -0.459 e. The first-order valence-electron chi connectivity index (χ1n) is 8.96. The first-order valence-corrected chi connectivity index (χ1v) is 8.96. The first-order chi connectivity index (χ1) is 12.5. The highest BCUT2D eigenvalue weighted by molar-refractivity contribution is 5.82. The molecule has 0 saturated carbocycles. The fourth-order valence-corrected chi connectivity index (χ4v) is 3.65. The maximum atomic E-state index is 12.4. The molecule has 2 N–H and O–H groups in total. The van der Waals surface area contributed by atoms with Crippen LogP contribution < -0.4 is 10.6 Å². The third kappa shape index (κ3) is 3.05. The Balaban J connectivity index is 1.40. The van der Waals surface area contributed by atoms with E-state index < -0.39 is 0 Å². The van der Waals surface area contributed by atoms with E-state index in [0.29, 0.717) is 6.54 Å². The highest BCUT2D eigenvalue weighted by atomic mass is 16.3. The van der Waals surface area contributed by atoms with Gasteiger partial charge in [0, 0.05) is 17.4 Å². The number of nitrogens with one attached hydrogen (secondary N) is 2. The number of fused-ring (bicyclic) bond motifs is 2. The number of para-hydroxylation sites is 1. The molecule has 2 amide bonds. The van der Waals surface area contributed by atoms with Crippen molar-refractivity contribution in [2.45, 2.75) is 52.2 Å². The van der Waals surface area contributed by atoms with Crippen molar-refractivity contribution < 1.29 is 9.21 Å². The quantitative estimate of drug-likeness (QED) is 0.758. The molecule has 0 spiro atoms. The summed E-state index contributed by atoms with van der Waals surface area (Å²) in [5.41, 5.74) is 1.91. The van der Waals surface area contributed by atoms with Gasteiger partial charge in [0.1, 0.15) is 23.0 Å². The molecule has 26 heavy (non-hydrogen) atoms. The number of aryl methyl sites for hydroxylation is 3. The summed E-state index contributed by atoms with van der Waals surface area (Å²) in [5, 5.41) is 11.5. The van der Waals surface area contributed by atoms with Crippen molar-refractivity contribution in [3.8, 4) is 0 Å². The molecule has 0 saturated heterocycles. The lowest BCUT2D eigenvalue weighted by Crippen LogP contribution is -2.46. The second-order valence-electron chi connectivity index (χ2n) is 6.92. The van der Waals surface area contributed by atoms with Crippen molar-refractivity contribution >= 4 is 17.0 Å². The van der Waals surface area contributed by atoms with E-state index in [1.165, 1.54) is 0 Å². The summed E-state index contributed by atoms with van der Waals surface area (Å²) in [4.78, 5) is 16.8. The maximum absolute atomic E-state index is 12.4. The van der Waals surface area contributed by atoms with Crippen molar-refractivity contribution in [3.05, 3.63) is 47.2 Å². The number of rotatable bonds is 3. The number of carbonyl (C=O) groups is 1. The van der Waals surface area contributed by atoms with Gasteiger partial charge in [-0.25, -0.2) is 14.5 Å². The standard InChI is InChI=1S/C19H23N5O2/c1-11-15-6-4-5-7-16(15)26-18(11)12(2)20-19(25)22-14-8-9-17-21-13(3)23-24(17)10-14/h4-7,12,14H,8-10H2,1-3H3,(H2,20,22,25). The van der Waals surface area contributed by atoms with Gasteiger partial charge in [-0.1, -0.05) is 18.2 Å². The van der Waals surface area contributed by atoms with Gasteiger partial charge in [-0.2, -0.15) is 5.10 Å². The van der Waals surface area contributed by atoms with Crippen LogP contribution in [0.2, 0.25) is 0 Å². The van der Waals surface area contributed by atoms with E-state index in [1.807, 2.05) is 49.7 Å². The summed E-state index contributed by atoms with van der Waals surface area (Å²) in [7, 11) is 0. The van der Waals surface area contributed by atoms with Gasteiger partial charge in [0.05, 0.1) is 18.6 Å². The Hall–Kier alpha value is -2.83. The first kappa shape index (κ1) is 16.6. The molecular weight excluding hydrogens is 330 g/mol. The van der Waals surface area contributed by atoms with E-state index >= 15 is 0 Å². The van der Waals surface area contributed by atoms with Crippen LogP contribution in [0.5, 0.6) is 0 Å². The number of hydrogen-bond donors (Lipinski definition) is 2. The molecule has 2 aromatic heterocycles. The third-order valence-electron chi connectivity index (χ3n) is 4.92. The van der Waals surface area contributed by atoms with Crippen LogP contribution in [0.25, 0.3) is 11.0 Å². The van der Waals surface area contributed by atoms with Crippen LogP contribution >= 0.6 is 0 Å². The molecule has 2 unspecified atom stereocenters. The van der Waals surface area contributed by atoms with Crippen LogP contribution in [0.15, 0.2) is 28.7 Å². The van der Waals surface area contributed by atoms with E-state index in [9.17, 15) is 4.79 Å². The van der Waals surface area contributed by atoms with Gasteiger partial charge < -0.3 is 15.1 Å². The molecule has 7 nitrogen and oxygen atoms in total. The minimum atomic E-state index is -0.213. The fraction of sp³-hybridized carbons (Fsp3) is 0.421. The zero-order valence-corrected chi connectivity index (χ0v) is 15.2. The normalized spacial score (nSPS) is 17.7. The molecule has 3 heterocycles. The van der Waals surface area contributed by atoms with E-state index in [-0.39, 0.29) is 18.1 Å². The van der Waals surface area contributed by atoms with Crippen LogP contribution in [0.4, 0.5) is 4.79 Å². The third-order valence-corrected chi connectivity index (χ3v) is 4.92. The monoisotopic (exact) mass is 353 g/mol. The summed E-state index contributed by atoms with van der Waals surface area (Å²) in [6, 6.07) is 7.55. The minimum absolute atomic E-state index is 0.0487. The summed E-state index contributed by atoms with van der Waals surface area (Å²) in [6.45, 7) is 6.50. The Morgan fingerprint density at radius 3 is 2.96 bits per heavy atom. The molecule has 3 aromatic rings. The van der Waals surface area contributed by atoms with Gasteiger partial charge in [-0.05, 0) is 33.3 Å². The molecule has 1 aromatic carbocycles. The van der Waals surface area contributed by atoms with E-state index in [1.54, 1.807) is 0 Å². The van der Waals surface area contributed by atoms with E-state index in [0.717, 1.165) is 46.8 Å². The number of benzene rings is 1. The zero-order chi connectivity index (χ0) is 18.3. The lowest BCUT2D eigenvalue weighted by atomic mass is 10.1. The summed E-state index contributed by atoms with van der Waals surface area (Å²) in [5.74, 6) is 2.56. The van der Waals surface area contributed by atoms with Gasteiger partial charge in [0.15, 0.2) is 0 Å². The number of urea groups is 1. The summed E-state index contributed by atoms with van der Waals surface area (Å²) < 4.78 is 7.82. The Morgan fingerprint density at radius 2 is 2.15 bits per heavy atom. The van der Waals surface area contributed by atoms with Gasteiger partial charge >= 0.3 is 6.03 Å². The number of amides is 2. The number of carbonyl (C=O) groups excluding carboxylic acids is 1. The smallest absolute Gasteiger partial charge is 0.315 e. The SMILES string of the molecule is Cc1nc2n(n1)CC(NC(=O)NC(C)c1oc3ccccc3c1C)CC2. The maximum Gasteiger partial charge on any atom is 0.315 e. The van der Waals surface area contributed by atoms with Crippen molar-refractivity contribution in [3.63, 3.8) is 0 Å². The molecule has 136 valence electrons. The van der Waals surface area contributed by atoms with E-state index in [4.69, 9.17) is 4.42 Å². The topological polar surface area (TPSA) is 85.0 Å². The Morgan fingerprint density at radius 1 is 1.35 bits per heavy atom. The molecule has 4 rings (SSSR count). The van der Waals surface area contributed by atoms with Crippen LogP contribution in [0.3, 0.4) is 0 Å². The molecule has 1 aliphatic rings. The molecule has 0 aliphatic carbocycles. The number of aromatic nitrogens is 3. The predicted molar refractivity (Wildman–Crippen MR) is 97.9 cm³/mol. The van der Waals surface area contributed by atoms with Crippen LogP contribution in [0, 0.1) is 13.8 Å². The van der Waals surface area contributed by atoms with Crippen molar-refractivity contribution in [2.75, 3.05) is 0 Å². The molecule has 0 radical (unpaired) electrons. The highest BCUT2D eigenvalue weighted by Crippen LogP contribution is 2.29. The Bertz CT molecular complexity index is 958. The largest absolute Gasteiger partial charge is 0.459 e. The number of hydrogen-bond acceptors (Lipinski definition) is 4. The average Bonchev–Trinajstić information content (AvgIpc) is 3.14. The lowest BCUT2D eigenvalue weighted by molar-refractivity contribution is 0.227. The second-order valence-corrected chi connectivity index (χ2v) is 6.92. The number of nitrogens with zero attached hydrogens (tertiary/aromatic N) is 3. The van der Waals surface area contributed by atoms with Gasteiger partial charge in [0.2, 0.25) is 0 Å². The summed E-state index contributed by atoms with van der Waals surface area (Å²) in [6.07, 6.45) is 1.69. The average molecular weight is 353 g/mol. The molecule has 0 fully saturated rings. The van der Waals surface area contributed by atoms with E-state index in [2.05, 4.69) is 20.7 Å². The fourth-order valence-electron chi connectivity index (χ4n) is 3.65. The van der Waals surface area contributed by atoms with Gasteiger partial charge in [-0.15, -0.1) is 0 Å². The molecule has 7 heteroatoms. The lowest BCUT2D eigenvalue weighted by Gasteiger charge is -2.24. The number of furan rings is 1. The zero-order valence-electron chi connectivity index (χ0n) is 15.2. The van der Waals surface area contributed by atoms with Gasteiger partial charge in [0.25, 0.3) is 0 Å². The van der Waals surface area contributed by atoms with Crippen molar-refractivity contribution in [1.82, 2.24) is 25.4 Å². The molecule has 0 bridgehead atoms. The predicted octanol–water partition coefficient (Wildman–Crippen LogP) is 3.02. The molecule has 2 atom stereocenters. The molecular formula is C19H23N5O2. The highest BCUT2D eigenvalue weighted by Gasteiger charge is 2.24. The van der Waals surface area contributed by atoms with Crippen molar-refractivity contribution in [1.29, 1.82) is 0 Å². The Kier molecular flexibility index (Phi) is 4.14. The van der Waals surface area contributed by atoms with Crippen LogP contribution in [-0.4, -0.2) is 26.8 Å². The van der Waals surface area contributed by atoms with Gasteiger partial charge in [-0.3, -0.25) is 0 Å². The van der Waals surface area contributed by atoms with Crippen LogP contribution in [0.1, 0.15) is 42.4 Å². The second kappa shape index (κ2) is 6.48. The van der Waals surface area contributed by atoms with Crippen LogP contribution in [-0.2, 0) is 13.0 Å².